The van der Waals surface area contributed by atoms with Gasteiger partial charge in [-0.15, -0.1) is 0 Å². The first-order chi connectivity index (χ1) is 8.21. The van der Waals surface area contributed by atoms with Crippen molar-refractivity contribution in [2.45, 2.75) is 45.6 Å². The number of amides is 1. The van der Waals surface area contributed by atoms with E-state index in [2.05, 4.69) is 19.9 Å². The molecule has 0 spiro atoms. The van der Waals surface area contributed by atoms with Gasteiger partial charge in [-0.3, -0.25) is 0 Å². The lowest BCUT2D eigenvalue weighted by Gasteiger charge is -2.48. The maximum absolute atomic E-state index is 11.8. The number of methoxy groups -OCH3 is 1. The van der Waals surface area contributed by atoms with Crippen molar-refractivity contribution in [2.24, 2.45) is 11.8 Å². The zero-order valence-corrected chi connectivity index (χ0v) is 11.1. The standard InChI is InChI=1S/C14H23NO2/c1-4-6-11-7-12-9-15(14(16)17-3)13(11)8-10(12)5-2/h8,11-13H,4-7,9H2,1-3H3. The van der Waals surface area contributed by atoms with Crippen molar-refractivity contribution >= 4 is 6.09 Å². The first-order valence-electron chi connectivity index (χ1n) is 6.76. The first kappa shape index (κ1) is 12.5. The summed E-state index contributed by atoms with van der Waals surface area (Å²) >= 11 is 0. The predicted octanol–water partition coefficient (Wildman–Crippen LogP) is 3.21. The SMILES string of the molecule is CCCC1CC2CN(C(=O)OC)C1C=C2CC. The van der Waals surface area contributed by atoms with Gasteiger partial charge in [0, 0.05) is 6.54 Å². The highest BCUT2D eigenvalue weighted by atomic mass is 16.5. The molecular weight excluding hydrogens is 214 g/mol. The first-order valence-corrected chi connectivity index (χ1v) is 6.76. The van der Waals surface area contributed by atoms with Crippen LogP contribution in [0.5, 0.6) is 0 Å². The Labute approximate surface area is 104 Å². The van der Waals surface area contributed by atoms with Crippen molar-refractivity contribution in [3.8, 4) is 0 Å². The van der Waals surface area contributed by atoms with Gasteiger partial charge in [-0.25, -0.2) is 4.79 Å². The molecule has 2 heterocycles. The Morgan fingerprint density at radius 3 is 2.82 bits per heavy atom. The molecule has 3 nitrogen and oxygen atoms in total. The average molecular weight is 237 g/mol. The van der Waals surface area contributed by atoms with Gasteiger partial charge in [0.15, 0.2) is 0 Å². The fourth-order valence-electron chi connectivity index (χ4n) is 3.42. The van der Waals surface area contributed by atoms with E-state index in [0.29, 0.717) is 11.8 Å². The minimum Gasteiger partial charge on any atom is -0.453 e. The summed E-state index contributed by atoms with van der Waals surface area (Å²) in [5.74, 6) is 1.20. The van der Waals surface area contributed by atoms with Gasteiger partial charge >= 0.3 is 6.09 Å². The molecule has 1 fully saturated rings. The van der Waals surface area contributed by atoms with E-state index in [9.17, 15) is 4.79 Å². The number of hydrogen-bond acceptors (Lipinski definition) is 2. The summed E-state index contributed by atoms with van der Waals surface area (Å²) in [6.07, 6.45) is 6.95. The number of nitrogens with zero attached hydrogens (tertiary/aromatic N) is 1. The smallest absolute Gasteiger partial charge is 0.410 e. The molecule has 3 aliphatic rings. The fraction of sp³-hybridized carbons (Fsp3) is 0.786. The van der Waals surface area contributed by atoms with Crippen molar-refractivity contribution in [1.29, 1.82) is 0 Å². The van der Waals surface area contributed by atoms with Gasteiger partial charge in [-0.1, -0.05) is 31.9 Å². The van der Waals surface area contributed by atoms with E-state index in [4.69, 9.17) is 4.74 Å². The van der Waals surface area contributed by atoms with Gasteiger partial charge in [-0.2, -0.15) is 0 Å². The maximum atomic E-state index is 11.8. The molecule has 0 aromatic carbocycles. The van der Waals surface area contributed by atoms with Crippen LogP contribution in [0.2, 0.25) is 0 Å². The Morgan fingerprint density at radius 1 is 1.53 bits per heavy atom. The van der Waals surface area contributed by atoms with Crippen LogP contribution in [0.3, 0.4) is 0 Å². The number of piperidine rings is 1. The molecule has 0 N–H and O–H groups in total. The van der Waals surface area contributed by atoms with E-state index in [1.165, 1.54) is 26.4 Å². The third-order valence-electron chi connectivity index (χ3n) is 4.23. The molecule has 0 saturated carbocycles. The zero-order chi connectivity index (χ0) is 12.4. The molecule has 0 radical (unpaired) electrons. The minimum absolute atomic E-state index is 0.160. The zero-order valence-electron chi connectivity index (χ0n) is 11.1. The third-order valence-corrected chi connectivity index (χ3v) is 4.23. The molecule has 96 valence electrons. The Hall–Kier alpha value is -0.990. The summed E-state index contributed by atoms with van der Waals surface area (Å²) in [5.41, 5.74) is 1.54. The van der Waals surface area contributed by atoms with Crippen LogP contribution >= 0.6 is 0 Å². The molecule has 1 amide bonds. The van der Waals surface area contributed by atoms with Crippen LogP contribution in [0.25, 0.3) is 0 Å². The molecule has 3 rings (SSSR count). The Bertz CT molecular complexity index is 324. The maximum Gasteiger partial charge on any atom is 0.410 e. The molecule has 1 aliphatic carbocycles. The number of carbonyl (C=O) groups excluding carboxylic acids is 1. The van der Waals surface area contributed by atoms with E-state index in [1.807, 2.05) is 4.90 Å². The molecule has 3 unspecified atom stereocenters. The van der Waals surface area contributed by atoms with Crippen LogP contribution in [-0.4, -0.2) is 30.7 Å². The van der Waals surface area contributed by atoms with Gasteiger partial charge in [0.25, 0.3) is 0 Å². The van der Waals surface area contributed by atoms with E-state index >= 15 is 0 Å². The summed E-state index contributed by atoms with van der Waals surface area (Å²) < 4.78 is 4.90. The molecule has 1 saturated heterocycles. The van der Waals surface area contributed by atoms with Crippen molar-refractivity contribution in [3.05, 3.63) is 11.6 Å². The largest absolute Gasteiger partial charge is 0.453 e. The van der Waals surface area contributed by atoms with Gasteiger partial charge in [0.1, 0.15) is 0 Å². The molecule has 3 atom stereocenters. The normalized spacial score (nSPS) is 31.4. The molecule has 3 heteroatoms. The van der Waals surface area contributed by atoms with Gasteiger partial charge in [-0.05, 0) is 31.1 Å². The highest BCUT2D eigenvalue weighted by Crippen LogP contribution is 2.41. The second-order valence-electron chi connectivity index (χ2n) is 5.19. The Kier molecular flexibility index (Phi) is 3.75. The van der Waals surface area contributed by atoms with E-state index < -0.39 is 0 Å². The van der Waals surface area contributed by atoms with E-state index in [-0.39, 0.29) is 12.1 Å². The number of rotatable bonds is 3. The van der Waals surface area contributed by atoms with Crippen LogP contribution in [0.4, 0.5) is 4.79 Å². The van der Waals surface area contributed by atoms with Crippen LogP contribution in [0.15, 0.2) is 11.6 Å². The summed E-state index contributed by atoms with van der Waals surface area (Å²) in [5, 5.41) is 0. The van der Waals surface area contributed by atoms with Crippen molar-refractivity contribution in [2.75, 3.05) is 13.7 Å². The Balaban J connectivity index is 2.20. The van der Waals surface area contributed by atoms with Gasteiger partial charge in [0.05, 0.1) is 13.2 Å². The highest BCUT2D eigenvalue weighted by molar-refractivity contribution is 5.69. The molecule has 17 heavy (non-hydrogen) atoms. The second-order valence-corrected chi connectivity index (χ2v) is 5.19. The number of ether oxygens (including phenoxy) is 1. The lowest BCUT2D eigenvalue weighted by molar-refractivity contribution is 0.0537. The quantitative estimate of drug-likeness (QED) is 0.705. The van der Waals surface area contributed by atoms with Crippen LogP contribution < -0.4 is 0 Å². The fourth-order valence-corrected chi connectivity index (χ4v) is 3.42. The predicted molar refractivity (Wildman–Crippen MR) is 67.8 cm³/mol. The molecular formula is C14H23NO2. The molecule has 2 bridgehead atoms. The topological polar surface area (TPSA) is 29.5 Å². The number of carbonyl (C=O) groups is 1. The molecule has 0 aromatic rings. The number of hydrogen-bond donors (Lipinski definition) is 0. The van der Waals surface area contributed by atoms with Crippen molar-refractivity contribution in [3.63, 3.8) is 0 Å². The monoisotopic (exact) mass is 237 g/mol. The van der Waals surface area contributed by atoms with E-state index in [1.54, 1.807) is 5.57 Å². The van der Waals surface area contributed by atoms with Crippen molar-refractivity contribution < 1.29 is 9.53 Å². The van der Waals surface area contributed by atoms with Crippen molar-refractivity contribution in [1.82, 2.24) is 4.90 Å². The highest BCUT2D eigenvalue weighted by Gasteiger charge is 2.42. The molecule has 0 aromatic heterocycles. The summed E-state index contributed by atoms with van der Waals surface area (Å²) in [7, 11) is 1.48. The van der Waals surface area contributed by atoms with E-state index in [0.717, 1.165) is 13.0 Å². The second kappa shape index (κ2) is 5.11. The van der Waals surface area contributed by atoms with Crippen LogP contribution in [0.1, 0.15) is 39.5 Å². The summed E-state index contributed by atoms with van der Waals surface area (Å²) in [4.78, 5) is 13.7. The van der Waals surface area contributed by atoms with Crippen LogP contribution in [0, 0.1) is 11.8 Å². The Morgan fingerprint density at radius 2 is 2.29 bits per heavy atom. The summed E-state index contributed by atoms with van der Waals surface area (Å²) in [6, 6.07) is 0.280. The van der Waals surface area contributed by atoms with Gasteiger partial charge in [0.2, 0.25) is 0 Å². The lowest BCUT2D eigenvalue weighted by atomic mass is 9.71. The van der Waals surface area contributed by atoms with Crippen LogP contribution in [-0.2, 0) is 4.74 Å². The lowest BCUT2D eigenvalue weighted by Crippen LogP contribution is -2.54. The average Bonchev–Trinajstić information content (AvgIpc) is 2.38. The third kappa shape index (κ3) is 2.20. The number of fused-ring (bicyclic) bond motifs is 2. The minimum atomic E-state index is -0.160. The summed E-state index contributed by atoms with van der Waals surface area (Å²) in [6.45, 7) is 5.29. The molecule has 2 aliphatic heterocycles. The van der Waals surface area contributed by atoms with Gasteiger partial charge < -0.3 is 9.64 Å².